The molecule has 1 aliphatic heterocycles. The Morgan fingerprint density at radius 2 is 1.97 bits per heavy atom. The lowest BCUT2D eigenvalue weighted by atomic mass is 9.92. The quantitative estimate of drug-likeness (QED) is 0.466. The van der Waals surface area contributed by atoms with Crippen LogP contribution >= 0.6 is 11.6 Å². The summed E-state index contributed by atoms with van der Waals surface area (Å²) in [5, 5.41) is 8.71. The fourth-order valence-electron chi connectivity index (χ4n) is 4.03. The van der Waals surface area contributed by atoms with Gasteiger partial charge >= 0.3 is 0 Å². The van der Waals surface area contributed by atoms with Gasteiger partial charge in [-0.2, -0.15) is 15.0 Å². The van der Waals surface area contributed by atoms with Crippen LogP contribution in [0.3, 0.4) is 0 Å². The number of aromatic nitrogens is 4. The maximum atomic E-state index is 13.9. The van der Waals surface area contributed by atoms with Crippen molar-refractivity contribution in [3.63, 3.8) is 0 Å². The molecule has 7 nitrogen and oxygen atoms in total. The van der Waals surface area contributed by atoms with Gasteiger partial charge in [0.2, 0.25) is 0 Å². The van der Waals surface area contributed by atoms with E-state index in [1.807, 2.05) is 13.0 Å². The second-order valence-electron chi connectivity index (χ2n) is 7.72. The number of nitrogens with zero attached hydrogens (tertiary/aromatic N) is 5. The Hall–Kier alpha value is -3.26. The van der Waals surface area contributed by atoms with Crippen molar-refractivity contribution in [2.75, 3.05) is 6.54 Å². The third-order valence-electron chi connectivity index (χ3n) is 5.68. The average molecular weight is 440 g/mol. The van der Waals surface area contributed by atoms with Crippen molar-refractivity contribution in [3.8, 4) is 5.69 Å². The highest BCUT2D eigenvalue weighted by Gasteiger charge is 2.34. The van der Waals surface area contributed by atoms with Gasteiger partial charge < -0.3 is 9.32 Å². The summed E-state index contributed by atoms with van der Waals surface area (Å²) in [5.74, 6) is -0.115. The highest BCUT2D eigenvalue weighted by atomic mass is 35.5. The Kier molecular flexibility index (Phi) is 4.94. The minimum atomic E-state index is -0.460. The van der Waals surface area contributed by atoms with Gasteiger partial charge in [0, 0.05) is 29.7 Å². The molecule has 9 heteroatoms. The van der Waals surface area contributed by atoms with Crippen LogP contribution in [0, 0.1) is 5.82 Å². The van der Waals surface area contributed by atoms with Crippen molar-refractivity contribution in [1.29, 1.82) is 0 Å². The predicted molar refractivity (Wildman–Crippen MR) is 113 cm³/mol. The number of benzene rings is 2. The van der Waals surface area contributed by atoms with Crippen molar-refractivity contribution >= 4 is 28.6 Å². The smallest absolute Gasteiger partial charge is 0.256 e. The fourth-order valence-corrected chi connectivity index (χ4v) is 4.19. The minimum absolute atomic E-state index is 0.0195. The monoisotopic (exact) mass is 439 g/mol. The van der Waals surface area contributed by atoms with Crippen molar-refractivity contribution < 1.29 is 13.6 Å². The summed E-state index contributed by atoms with van der Waals surface area (Å²) in [6, 6.07) is 9.37. The topological polar surface area (TPSA) is 77.0 Å². The second kappa shape index (κ2) is 7.77. The van der Waals surface area contributed by atoms with Crippen molar-refractivity contribution in [2.45, 2.75) is 31.7 Å². The van der Waals surface area contributed by atoms with Crippen LogP contribution in [0.25, 0.3) is 16.8 Å². The second-order valence-corrected chi connectivity index (χ2v) is 8.16. The number of carbonyl (C=O) groups excluding carboxylic acids is 1. The van der Waals surface area contributed by atoms with E-state index in [1.54, 1.807) is 17.0 Å². The van der Waals surface area contributed by atoms with Crippen LogP contribution in [0.1, 0.15) is 41.9 Å². The van der Waals surface area contributed by atoms with Gasteiger partial charge in [-0.3, -0.25) is 4.79 Å². The van der Waals surface area contributed by atoms with E-state index >= 15 is 0 Å². The van der Waals surface area contributed by atoms with E-state index in [1.165, 1.54) is 35.4 Å². The highest BCUT2D eigenvalue weighted by molar-refractivity contribution is 6.31. The summed E-state index contributed by atoms with van der Waals surface area (Å²) in [6.07, 6.45) is 4.62. The molecular weight excluding hydrogens is 421 g/mol. The van der Waals surface area contributed by atoms with E-state index in [9.17, 15) is 9.18 Å². The molecule has 0 saturated carbocycles. The van der Waals surface area contributed by atoms with Gasteiger partial charge in [0.1, 0.15) is 17.0 Å². The predicted octanol–water partition coefficient (Wildman–Crippen LogP) is 4.61. The van der Waals surface area contributed by atoms with E-state index in [-0.39, 0.29) is 17.9 Å². The Labute approximate surface area is 182 Å². The zero-order chi connectivity index (χ0) is 21.5. The first-order chi connectivity index (χ1) is 15.0. The molecule has 5 rings (SSSR count). The van der Waals surface area contributed by atoms with E-state index < -0.39 is 5.82 Å². The Bertz CT molecular complexity index is 1260. The van der Waals surface area contributed by atoms with Crippen LogP contribution < -0.4 is 0 Å². The Balaban J connectivity index is 1.46. The third-order valence-corrected chi connectivity index (χ3v) is 5.92. The van der Waals surface area contributed by atoms with Crippen molar-refractivity contribution in [3.05, 3.63) is 71.1 Å². The molecule has 1 aliphatic rings. The molecule has 0 N–H and O–H groups in total. The maximum absolute atomic E-state index is 13.9. The van der Waals surface area contributed by atoms with E-state index in [0.717, 1.165) is 18.4 Å². The maximum Gasteiger partial charge on any atom is 0.256 e. The highest BCUT2D eigenvalue weighted by Crippen LogP contribution is 2.33. The SMILES string of the molecule is C[C@@H]1CC[C@@H](c2nc3ccc(Cl)cc3o2)CN1C(=O)c1ccc(F)cc1-n1nccn1. The summed E-state index contributed by atoms with van der Waals surface area (Å²) >= 11 is 6.05. The number of likely N-dealkylation sites (tertiary alicyclic amines) is 1. The lowest BCUT2D eigenvalue weighted by molar-refractivity contribution is 0.0597. The van der Waals surface area contributed by atoms with E-state index in [4.69, 9.17) is 16.0 Å². The van der Waals surface area contributed by atoms with Crippen LogP contribution in [-0.4, -0.2) is 43.4 Å². The molecule has 0 radical (unpaired) electrons. The summed E-state index contributed by atoms with van der Waals surface area (Å²) < 4.78 is 19.9. The molecule has 0 spiro atoms. The lowest BCUT2D eigenvalue weighted by Crippen LogP contribution is -2.45. The number of carbonyl (C=O) groups is 1. The zero-order valence-corrected chi connectivity index (χ0v) is 17.5. The molecule has 3 heterocycles. The standard InChI is InChI=1S/C22H19ClFN5O2/c1-13-2-3-14(21-27-18-7-4-15(23)10-20(18)31-21)12-28(13)22(30)17-6-5-16(24)11-19(17)29-25-8-9-26-29/h4-11,13-14H,2-3,12H2,1H3/t13-,14-/m1/s1. The molecule has 2 aromatic heterocycles. The number of hydrogen-bond acceptors (Lipinski definition) is 5. The van der Waals surface area contributed by atoms with Gasteiger partial charge in [-0.1, -0.05) is 11.6 Å². The molecule has 4 aromatic rings. The number of rotatable bonds is 3. The molecular formula is C22H19ClFN5O2. The molecule has 1 amide bonds. The zero-order valence-electron chi connectivity index (χ0n) is 16.7. The van der Waals surface area contributed by atoms with Gasteiger partial charge in [-0.25, -0.2) is 9.37 Å². The number of piperidine rings is 1. The number of oxazole rings is 1. The molecule has 31 heavy (non-hydrogen) atoms. The largest absolute Gasteiger partial charge is 0.440 e. The first-order valence-electron chi connectivity index (χ1n) is 10.0. The van der Waals surface area contributed by atoms with Gasteiger partial charge in [0.15, 0.2) is 11.5 Å². The van der Waals surface area contributed by atoms with Gasteiger partial charge in [-0.05, 0) is 44.0 Å². The van der Waals surface area contributed by atoms with Crippen LogP contribution in [0.5, 0.6) is 0 Å². The van der Waals surface area contributed by atoms with Gasteiger partial charge in [0.25, 0.3) is 5.91 Å². The first kappa shape index (κ1) is 19.7. The van der Waals surface area contributed by atoms with Crippen LogP contribution in [0.2, 0.25) is 5.02 Å². The molecule has 0 aliphatic carbocycles. The summed E-state index contributed by atoms with van der Waals surface area (Å²) in [5.41, 5.74) is 2.02. The van der Waals surface area contributed by atoms with Gasteiger partial charge in [0.05, 0.1) is 23.9 Å². The van der Waals surface area contributed by atoms with E-state index in [0.29, 0.717) is 34.3 Å². The van der Waals surface area contributed by atoms with Crippen LogP contribution in [-0.2, 0) is 0 Å². The minimum Gasteiger partial charge on any atom is -0.440 e. The summed E-state index contributed by atoms with van der Waals surface area (Å²) in [7, 11) is 0. The van der Waals surface area contributed by atoms with Crippen LogP contribution in [0.15, 0.2) is 53.2 Å². The normalized spacial score (nSPS) is 19.1. The molecule has 1 saturated heterocycles. The van der Waals surface area contributed by atoms with Crippen molar-refractivity contribution in [2.24, 2.45) is 0 Å². The molecule has 2 atom stereocenters. The summed E-state index contributed by atoms with van der Waals surface area (Å²) in [6.45, 7) is 2.46. The number of fused-ring (bicyclic) bond motifs is 1. The molecule has 0 unspecified atom stereocenters. The number of halogens is 2. The molecule has 158 valence electrons. The number of amides is 1. The fraction of sp³-hybridized carbons (Fsp3) is 0.273. The van der Waals surface area contributed by atoms with Crippen LogP contribution in [0.4, 0.5) is 4.39 Å². The molecule has 2 aromatic carbocycles. The average Bonchev–Trinajstić information content (AvgIpc) is 3.43. The summed E-state index contributed by atoms with van der Waals surface area (Å²) in [4.78, 5) is 21.1. The van der Waals surface area contributed by atoms with Crippen molar-refractivity contribution in [1.82, 2.24) is 24.9 Å². The molecule has 0 bridgehead atoms. The lowest BCUT2D eigenvalue weighted by Gasteiger charge is -2.37. The third kappa shape index (κ3) is 3.67. The first-order valence-corrected chi connectivity index (χ1v) is 10.4. The van der Waals surface area contributed by atoms with E-state index in [2.05, 4.69) is 15.2 Å². The Morgan fingerprint density at radius 3 is 2.77 bits per heavy atom. The Morgan fingerprint density at radius 1 is 1.16 bits per heavy atom. The number of hydrogen-bond donors (Lipinski definition) is 0. The van der Waals surface area contributed by atoms with Gasteiger partial charge in [-0.15, -0.1) is 0 Å². The molecule has 1 fully saturated rings.